The standard InChI is InChI=1S/C35H37Cl2N3O4S/c1-25-14-18-29(19-15-25)40(45(43,44)30-20-16-28(36)17-21-30)24-33(41)39(23-27-12-8-9-13-31(27)37)32(34(42)38-35(2,3)4)22-26-10-6-5-7-11-26/h5-21,32H,22-24H2,1-4H3,(H,38,42)/t32-/m1/s1. The Kier molecular flexibility index (Phi) is 11.0. The summed E-state index contributed by atoms with van der Waals surface area (Å²) in [6, 6.07) is 28.1. The van der Waals surface area contributed by atoms with E-state index in [9.17, 15) is 18.0 Å². The molecule has 7 nitrogen and oxygen atoms in total. The molecular weight excluding hydrogens is 629 g/mol. The summed E-state index contributed by atoms with van der Waals surface area (Å²) in [6.07, 6.45) is 0.202. The molecule has 236 valence electrons. The smallest absolute Gasteiger partial charge is 0.264 e. The molecule has 1 atom stereocenters. The summed E-state index contributed by atoms with van der Waals surface area (Å²) in [5, 5.41) is 3.82. The number of anilines is 1. The normalized spacial score (nSPS) is 12.3. The quantitative estimate of drug-likeness (QED) is 0.186. The molecule has 0 saturated heterocycles. The zero-order chi connectivity index (χ0) is 32.8. The van der Waals surface area contributed by atoms with Crippen LogP contribution < -0.4 is 9.62 Å². The van der Waals surface area contributed by atoms with E-state index in [1.54, 1.807) is 48.5 Å². The van der Waals surface area contributed by atoms with Crippen LogP contribution in [0.1, 0.15) is 37.5 Å². The molecule has 0 bridgehead atoms. The van der Waals surface area contributed by atoms with Crippen LogP contribution in [0, 0.1) is 6.92 Å². The van der Waals surface area contributed by atoms with E-state index in [0.717, 1.165) is 15.4 Å². The fourth-order valence-electron chi connectivity index (χ4n) is 4.79. The molecule has 4 aromatic carbocycles. The van der Waals surface area contributed by atoms with Crippen molar-refractivity contribution in [1.29, 1.82) is 0 Å². The van der Waals surface area contributed by atoms with Crippen LogP contribution in [0.3, 0.4) is 0 Å². The Morgan fingerprint density at radius 2 is 1.42 bits per heavy atom. The number of sulfonamides is 1. The molecule has 0 heterocycles. The van der Waals surface area contributed by atoms with Crippen LogP contribution in [0.5, 0.6) is 0 Å². The zero-order valence-corrected chi connectivity index (χ0v) is 28.0. The van der Waals surface area contributed by atoms with E-state index in [4.69, 9.17) is 23.2 Å². The average molecular weight is 667 g/mol. The first-order valence-corrected chi connectivity index (χ1v) is 16.7. The maximum absolute atomic E-state index is 14.5. The number of amides is 2. The molecular formula is C35H37Cl2N3O4S. The van der Waals surface area contributed by atoms with E-state index in [-0.39, 0.29) is 23.8 Å². The highest BCUT2D eigenvalue weighted by Crippen LogP contribution is 2.27. The highest BCUT2D eigenvalue weighted by atomic mass is 35.5. The van der Waals surface area contributed by atoms with Crippen LogP contribution in [0.15, 0.2) is 108 Å². The predicted molar refractivity (Wildman–Crippen MR) is 181 cm³/mol. The van der Waals surface area contributed by atoms with Crippen LogP contribution in [0.2, 0.25) is 10.0 Å². The number of rotatable bonds is 11. The maximum Gasteiger partial charge on any atom is 0.264 e. The van der Waals surface area contributed by atoms with Crippen LogP contribution >= 0.6 is 23.2 Å². The van der Waals surface area contributed by atoms with Gasteiger partial charge in [0.1, 0.15) is 12.6 Å². The van der Waals surface area contributed by atoms with Crippen LogP contribution in [0.25, 0.3) is 0 Å². The lowest BCUT2D eigenvalue weighted by molar-refractivity contribution is -0.140. The molecule has 0 spiro atoms. The third kappa shape index (κ3) is 9.10. The van der Waals surface area contributed by atoms with Gasteiger partial charge in [0.25, 0.3) is 10.0 Å². The van der Waals surface area contributed by atoms with Gasteiger partial charge >= 0.3 is 0 Å². The van der Waals surface area contributed by atoms with Crippen molar-refractivity contribution in [3.05, 3.63) is 130 Å². The van der Waals surface area contributed by atoms with Gasteiger partial charge in [0.15, 0.2) is 0 Å². The van der Waals surface area contributed by atoms with Crippen molar-refractivity contribution in [2.75, 3.05) is 10.8 Å². The minimum absolute atomic E-state index is 0.0176. The van der Waals surface area contributed by atoms with Gasteiger partial charge in [-0.25, -0.2) is 8.42 Å². The van der Waals surface area contributed by atoms with E-state index >= 15 is 0 Å². The first-order chi connectivity index (χ1) is 21.2. The predicted octanol–water partition coefficient (Wildman–Crippen LogP) is 7.05. The Labute approximate surface area is 275 Å². The van der Waals surface area contributed by atoms with E-state index in [0.29, 0.717) is 21.3 Å². The van der Waals surface area contributed by atoms with E-state index in [1.165, 1.54) is 29.2 Å². The van der Waals surface area contributed by atoms with Gasteiger partial charge in [-0.1, -0.05) is 89.4 Å². The molecule has 0 aliphatic carbocycles. The third-order valence-corrected chi connectivity index (χ3v) is 9.48. The fourth-order valence-corrected chi connectivity index (χ4v) is 6.53. The van der Waals surface area contributed by atoms with Crippen LogP contribution in [0.4, 0.5) is 5.69 Å². The first kappa shape index (κ1) is 34.0. The van der Waals surface area contributed by atoms with Crippen molar-refractivity contribution in [3.8, 4) is 0 Å². The molecule has 45 heavy (non-hydrogen) atoms. The Morgan fingerprint density at radius 3 is 2.02 bits per heavy atom. The lowest BCUT2D eigenvalue weighted by Gasteiger charge is -2.35. The minimum Gasteiger partial charge on any atom is -0.350 e. The van der Waals surface area contributed by atoms with E-state index < -0.39 is 34.1 Å². The minimum atomic E-state index is -4.23. The Bertz CT molecular complexity index is 1720. The zero-order valence-electron chi connectivity index (χ0n) is 25.7. The molecule has 0 saturated carbocycles. The van der Waals surface area contributed by atoms with Crippen molar-refractivity contribution in [1.82, 2.24) is 10.2 Å². The maximum atomic E-state index is 14.5. The number of nitrogens with zero attached hydrogens (tertiary/aromatic N) is 2. The van der Waals surface area contributed by atoms with Crippen molar-refractivity contribution >= 4 is 50.7 Å². The van der Waals surface area contributed by atoms with Gasteiger partial charge in [-0.3, -0.25) is 13.9 Å². The average Bonchev–Trinajstić information content (AvgIpc) is 2.99. The van der Waals surface area contributed by atoms with Crippen LogP contribution in [-0.2, 0) is 32.6 Å². The molecule has 0 aliphatic rings. The number of aryl methyl sites for hydroxylation is 1. The third-order valence-electron chi connectivity index (χ3n) is 7.07. The molecule has 0 fully saturated rings. The number of carbonyl (C=O) groups is 2. The van der Waals surface area contributed by atoms with Crippen molar-refractivity contribution in [2.24, 2.45) is 0 Å². The van der Waals surface area contributed by atoms with Crippen molar-refractivity contribution in [2.45, 2.75) is 57.1 Å². The van der Waals surface area contributed by atoms with E-state index in [2.05, 4.69) is 5.32 Å². The second-order valence-corrected chi connectivity index (χ2v) is 14.6. The number of halogens is 2. The summed E-state index contributed by atoms with van der Waals surface area (Å²) >= 11 is 12.6. The summed E-state index contributed by atoms with van der Waals surface area (Å²) in [4.78, 5) is 29.9. The molecule has 10 heteroatoms. The number of carbonyl (C=O) groups excluding carboxylic acids is 2. The molecule has 0 unspecified atom stereocenters. The SMILES string of the molecule is Cc1ccc(N(CC(=O)N(Cc2ccccc2Cl)[C@H](Cc2ccccc2)C(=O)NC(C)(C)C)S(=O)(=O)c2ccc(Cl)cc2)cc1. The molecule has 1 N–H and O–H groups in total. The van der Waals surface area contributed by atoms with E-state index in [1.807, 2.05) is 58.0 Å². The summed E-state index contributed by atoms with van der Waals surface area (Å²) < 4.78 is 29.3. The van der Waals surface area contributed by atoms with Gasteiger partial charge in [-0.2, -0.15) is 0 Å². The lowest BCUT2D eigenvalue weighted by atomic mass is 10.0. The largest absolute Gasteiger partial charge is 0.350 e. The highest BCUT2D eigenvalue weighted by molar-refractivity contribution is 7.92. The Morgan fingerprint density at radius 1 is 0.822 bits per heavy atom. The van der Waals surface area contributed by atoms with Gasteiger partial charge in [0.05, 0.1) is 10.6 Å². The Balaban J connectivity index is 1.82. The van der Waals surface area contributed by atoms with Crippen molar-refractivity contribution < 1.29 is 18.0 Å². The lowest BCUT2D eigenvalue weighted by Crippen LogP contribution is -2.56. The molecule has 4 aromatic rings. The highest BCUT2D eigenvalue weighted by Gasteiger charge is 2.35. The fraction of sp³-hybridized carbons (Fsp3) is 0.257. The van der Waals surface area contributed by atoms with Gasteiger partial charge in [0.2, 0.25) is 11.8 Å². The monoisotopic (exact) mass is 665 g/mol. The second-order valence-electron chi connectivity index (χ2n) is 11.9. The molecule has 4 rings (SSSR count). The number of hydrogen-bond donors (Lipinski definition) is 1. The number of hydrogen-bond acceptors (Lipinski definition) is 4. The molecule has 0 aromatic heterocycles. The summed E-state index contributed by atoms with van der Waals surface area (Å²) in [7, 11) is -4.23. The van der Waals surface area contributed by atoms with Gasteiger partial charge in [-0.05, 0) is 81.3 Å². The van der Waals surface area contributed by atoms with Crippen LogP contribution in [-0.4, -0.2) is 43.3 Å². The molecule has 0 aliphatic heterocycles. The van der Waals surface area contributed by atoms with Gasteiger partial charge in [0, 0.05) is 28.5 Å². The second kappa shape index (κ2) is 14.5. The molecule has 0 radical (unpaired) electrons. The molecule has 2 amide bonds. The van der Waals surface area contributed by atoms with Crippen molar-refractivity contribution in [3.63, 3.8) is 0 Å². The Hall–Kier alpha value is -3.85. The van der Waals surface area contributed by atoms with Gasteiger partial charge in [-0.15, -0.1) is 0 Å². The topological polar surface area (TPSA) is 86.8 Å². The summed E-state index contributed by atoms with van der Waals surface area (Å²) in [5.41, 5.74) is 2.11. The number of benzene rings is 4. The summed E-state index contributed by atoms with van der Waals surface area (Å²) in [5.74, 6) is -0.938. The van der Waals surface area contributed by atoms with Gasteiger partial charge < -0.3 is 10.2 Å². The first-order valence-electron chi connectivity index (χ1n) is 14.5. The summed E-state index contributed by atoms with van der Waals surface area (Å²) in [6.45, 7) is 6.90. The number of nitrogens with one attached hydrogen (secondary N) is 1.